The monoisotopic (exact) mass is 285 g/mol. The van der Waals surface area contributed by atoms with E-state index in [2.05, 4.69) is 60.9 Å². The summed E-state index contributed by atoms with van der Waals surface area (Å²) in [4.78, 5) is 4.46. The Kier molecular flexibility index (Phi) is 5.57. The fourth-order valence-electron chi connectivity index (χ4n) is 2.85. The molecule has 0 radical (unpaired) electrons. The molecule has 0 aliphatic carbocycles. The van der Waals surface area contributed by atoms with Gasteiger partial charge in [0, 0.05) is 31.9 Å². The molecule has 0 aliphatic rings. The fourth-order valence-corrected chi connectivity index (χ4v) is 2.85. The topological polar surface area (TPSA) is 29.9 Å². The van der Waals surface area contributed by atoms with Crippen molar-refractivity contribution in [3.05, 3.63) is 53.1 Å². The van der Waals surface area contributed by atoms with Crippen molar-refractivity contribution in [1.82, 2.24) is 14.9 Å². The number of hydrogen-bond acceptors (Lipinski definition) is 2. The van der Waals surface area contributed by atoms with Crippen molar-refractivity contribution in [1.29, 1.82) is 0 Å². The predicted molar refractivity (Wildman–Crippen MR) is 88.6 cm³/mol. The van der Waals surface area contributed by atoms with Gasteiger partial charge in [0.25, 0.3) is 0 Å². The van der Waals surface area contributed by atoms with Gasteiger partial charge in [0.1, 0.15) is 5.82 Å². The lowest BCUT2D eigenvalue weighted by Gasteiger charge is -2.19. The maximum absolute atomic E-state index is 4.46. The second-order valence-electron chi connectivity index (χ2n) is 6.01. The summed E-state index contributed by atoms with van der Waals surface area (Å²) >= 11 is 0. The first-order valence-electron chi connectivity index (χ1n) is 7.85. The zero-order chi connectivity index (χ0) is 15.2. The van der Waals surface area contributed by atoms with E-state index in [0.29, 0.717) is 6.04 Å². The summed E-state index contributed by atoms with van der Waals surface area (Å²) in [5.41, 5.74) is 4.10. The van der Waals surface area contributed by atoms with Crippen LogP contribution in [0.3, 0.4) is 0 Å². The van der Waals surface area contributed by atoms with Gasteiger partial charge in [0.2, 0.25) is 0 Å². The zero-order valence-electron chi connectivity index (χ0n) is 13.7. The average Bonchev–Trinajstić information content (AvgIpc) is 2.80. The standard InChI is InChI=1S/C18H27N3/c1-5-6-19-17(13-18-20-7-8-21(18)4)12-16-10-14(2)9-15(3)11-16/h7-11,17,19H,5-6,12-13H2,1-4H3. The van der Waals surface area contributed by atoms with E-state index in [4.69, 9.17) is 0 Å². The minimum Gasteiger partial charge on any atom is -0.338 e. The van der Waals surface area contributed by atoms with Crippen LogP contribution in [0.1, 0.15) is 35.9 Å². The van der Waals surface area contributed by atoms with Crippen LogP contribution in [-0.2, 0) is 19.9 Å². The van der Waals surface area contributed by atoms with E-state index >= 15 is 0 Å². The number of aromatic nitrogens is 2. The maximum Gasteiger partial charge on any atom is 0.109 e. The van der Waals surface area contributed by atoms with Crippen LogP contribution in [-0.4, -0.2) is 22.1 Å². The average molecular weight is 285 g/mol. The molecule has 0 amide bonds. The van der Waals surface area contributed by atoms with Crippen molar-refractivity contribution in [3.63, 3.8) is 0 Å². The molecule has 114 valence electrons. The van der Waals surface area contributed by atoms with E-state index in [-0.39, 0.29) is 0 Å². The first kappa shape index (κ1) is 15.8. The lowest BCUT2D eigenvalue weighted by Crippen LogP contribution is -2.34. The van der Waals surface area contributed by atoms with E-state index in [1.165, 1.54) is 16.7 Å². The number of nitrogens with zero attached hydrogens (tertiary/aromatic N) is 2. The van der Waals surface area contributed by atoms with Crippen LogP contribution in [0.25, 0.3) is 0 Å². The molecule has 2 rings (SSSR count). The summed E-state index contributed by atoms with van der Waals surface area (Å²) in [6.07, 6.45) is 7.07. The second kappa shape index (κ2) is 7.41. The van der Waals surface area contributed by atoms with E-state index in [9.17, 15) is 0 Å². The highest BCUT2D eigenvalue weighted by molar-refractivity contribution is 5.29. The summed E-state index contributed by atoms with van der Waals surface area (Å²) in [7, 11) is 2.07. The molecule has 1 atom stereocenters. The summed E-state index contributed by atoms with van der Waals surface area (Å²) in [5, 5.41) is 3.67. The molecule has 0 aliphatic heterocycles. The molecule has 3 heteroatoms. The maximum atomic E-state index is 4.46. The number of imidazole rings is 1. The molecule has 21 heavy (non-hydrogen) atoms. The Labute approximate surface area is 128 Å². The lowest BCUT2D eigenvalue weighted by atomic mass is 9.99. The van der Waals surface area contributed by atoms with Crippen molar-refractivity contribution < 1.29 is 0 Å². The molecule has 1 unspecified atom stereocenters. The van der Waals surface area contributed by atoms with Crippen molar-refractivity contribution in [2.24, 2.45) is 7.05 Å². The molecule has 0 spiro atoms. The minimum absolute atomic E-state index is 0.437. The van der Waals surface area contributed by atoms with E-state index in [0.717, 1.165) is 31.6 Å². The second-order valence-corrected chi connectivity index (χ2v) is 6.01. The van der Waals surface area contributed by atoms with E-state index in [1.807, 2.05) is 12.4 Å². The van der Waals surface area contributed by atoms with Crippen LogP contribution < -0.4 is 5.32 Å². The Hall–Kier alpha value is -1.61. The molecule has 1 aromatic heterocycles. The van der Waals surface area contributed by atoms with Gasteiger partial charge in [-0.2, -0.15) is 0 Å². The third-order valence-electron chi connectivity index (χ3n) is 3.80. The Morgan fingerprint density at radius 3 is 2.43 bits per heavy atom. The number of benzene rings is 1. The summed E-state index contributed by atoms with van der Waals surface area (Å²) in [6.45, 7) is 7.61. The van der Waals surface area contributed by atoms with Gasteiger partial charge in [0.05, 0.1) is 0 Å². The first-order valence-corrected chi connectivity index (χ1v) is 7.85. The number of hydrogen-bond donors (Lipinski definition) is 1. The van der Waals surface area contributed by atoms with Gasteiger partial charge in [-0.15, -0.1) is 0 Å². The number of rotatable bonds is 7. The van der Waals surface area contributed by atoms with Crippen LogP contribution in [0, 0.1) is 13.8 Å². The molecule has 0 saturated carbocycles. The largest absolute Gasteiger partial charge is 0.338 e. The Balaban J connectivity index is 2.10. The molecule has 0 bridgehead atoms. The summed E-state index contributed by atoms with van der Waals surface area (Å²) < 4.78 is 2.11. The van der Waals surface area contributed by atoms with Gasteiger partial charge in [0.15, 0.2) is 0 Å². The molecule has 1 N–H and O–H groups in total. The minimum atomic E-state index is 0.437. The molecule has 0 saturated heterocycles. The zero-order valence-corrected chi connectivity index (χ0v) is 13.7. The van der Waals surface area contributed by atoms with Crippen LogP contribution >= 0.6 is 0 Å². The highest BCUT2D eigenvalue weighted by Crippen LogP contribution is 2.13. The fraction of sp³-hybridized carbons (Fsp3) is 0.500. The molecule has 1 heterocycles. The van der Waals surface area contributed by atoms with Crippen molar-refractivity contribution in [3.8, 4) is 0 Å². The molecule has 2 aromatic rings. The number of aryl methyl sites for hydroxylation is 3. The Bertz CT molecular complexity index is 551. The first-order chi connectivity index (χ1) is 10.1. The highest BCUT2D eigenvalue weighted by atomic mass is 15.0. The van der Waals surface area contributed by atoms with Gasteiger partial charge in [-0.1, -0.05) is 36.2 Å². The quantitative estimate of drug-likeness (QED) is 0.846. The molecular formula is C18H27N3. The summed E-state index contributed by atoms with van der Waals surface area (Å²) in [6, 6.07) is 7.27. The van der Waals surface area contributed by atoms with Gasteiger partial charge >= 0.3 is 0 Å². The van der Waals surface area contributed by atoms with Crippen LogP contribution in [0.15, 0.2) is 30.6 Å². The van der Waals surface area contributed by atoms with E-state index < -0.39 is 0 Å². The SMILES string of the molecule is CCCNC(Cc1cc(C)cc(C)c1)Cc1nccn1C. The molecule has 0 fully saturated rings. The molecular weight excluding hydrogens is 258 g/mol. The van der Waals surface area contributed by atoms with Gasteiger partial charge in [-0.05, 0) is 38.8 Å². The lowest BCUT2D eigenvalue weighted by molar-refractivity contribution is 0.489. The van der Waals surface area contributed by atoms with Gasteiger partial charge in [-0.3, -0.25) is 0 Å². The third-order valence-corrected chi connectivity index (χ3v) is 3.80. The van der Waals surface area contributed by atoms with E-state index in [1.54, 1.807) is 0 Å². The van der Waals surface area contributed by atoms with Crippen molar-refractivity contribution in [2.75, 3.05) is 6.54 Å². The van der Waals surface area contributed by atoms with Gasteiger partial charge in [-0.25, -0.2) is 4.98 Å². The number of nitrogens with one attached hydrogen (secondary N) is 1. The summed E-state index contributed by atoms with van der Waals surface area (Å²) in [5.74, 6) is 1.15. The van der Waals surface area contributed by atoms with Gasteiger partial charge < -0.3 is 9.88 Å². The van der Waals surface area contributed by atoms with Crippen molar-refractivity contribution in [2.45, 2.75) is 46.1 Å². The normalized spacial score (nSPS) is 12.6. The predicted octanol–water partition coefficient (Wildman–Crippen LogP) is 3.19. The highest BCUT2D eigenvalue weighted by Gasteiger charge is 2.13. The van der Waals surface area contributed by atoms with Crippen molar-refractivity contribution >= 4 is 0 Å². The van der Waals surface area contributed by atoms with Crippen LogP contribution in [0.4, 0.5) is 0 Å². The van der Waals surface area contributed by atoms with Crippen LogP contribution in [0.2, 0.25) is 0 Å². The Morgan fingerprint density at radius 2 is 1.86 bits per heavy atom. The smallest absolute Gasteiger partial charge is 0.109 e. The molecule has 1 aromatic carbocycles. The van der Waals surface area contributed by atoms with Crippen LogP contribution in [0.5, 0.6) is 0 Å². The Morgan fingerprint density at radius 1 is 1.14 bits per heavy atom. The molecule has 3 nitrogen and oxygen atoms in total. The third kappa shape index (κ3) is 4.71.